The molecule has 1 aliphatic rings. The Kier molecular flexibility index (Phi) is 9.05. The number of nitro groups is 1. The molecule has 0 saturated carbocycles. The Bertz CT molecular complexity index is 1510. The van der Waals surface area contributed by atoms with Crippen molar-refractivity contribution in [1.29, 1.82) is 0 Å². The zero-order valence-electron chi connectivity index (χ0n) is 22.7. The molecular weight excluding hydrogens is 548 g/mol. The molecule has 12 heteroatoms. The fraction of sp³-hybridized carbons (Fsp3) is 0.233. The van der Waals surface area contributed by atoms with E-state index < -0.39 is 41.1 Å². The average Bonchev–Trinajstić information content (AvgIpc) is 3.37. The van der Waals surface area contributed by atoms with Gasteiger partial charge in [-0.2, -0.15) is 0 Å². The number of benzene rings is 3. The molecule has 0 radical (unpaired) electrons. The SMILES string of the molecule is CC(C)OC(=O)c1ccc(N2C[C@@H](C(=O)OCC(=O)c3ccc(OC(=O)c4ccc([N+](=O)[O-])cc4)cc3)CC2=O)cc1. The Labute approximate surface area is 239 Å². The predicted molar refractivity (Wildman–Crippen MR) is 147 cm³/mol. The van der Waals surface area contributed by atoms with Crippen LogP contribution in [0, 0.1) is 16.0 Å². The predicted octanol–water partition coefficient (Wildman–Crippen LogP) is 4.16. The van der Waals surface area contributed by atoms with Crippen LogP contribution >= 0.6 is 0 Å². The van der Waals surface area contributed by atoms with Gasteiger partial charge in [0.15, 0.2) is 12.4 Å². The number of Topliss-reactive ketones (excluding diaryl/α,β-unsaturated/α-hetero) is 1. The van der Waals surface area contributed by atoms with Crippen molar-refractivity contribution in [3.05, 3.63) is 99.6 Å². The lowest BCUT2D eigenvalue weighted by Gasteiger charge is -2.17. The summed E-state index contributed by atoms with van der Waals surface area (Å²) in [6.45, 7) is 3.00. The molecule has 1 heterocycles. The molecule has 3 aromatic rings. The third-order valence-corrected chi connectivity index (χ3v) is 6.26. The molecule has 0 N–H and O–H groups in total. The quantitative estimate of drug-likeness (QED) is 0.113. The number of amides is 1. The Balaban J connectivity index is 1.27. The van der Waals surface area contributed by atoms with Crippen molar-refractivity contribution in [1.82, 2.24) is 0 Å². The van der Waals surface area contributed by atoms with E-state index in [4.69, 9.17) is 14.2 Å². The van der Waals surface area contributed by atoms with E-state index in [0.717, 1.165) is 0 Å². The summed E-state index contributed by atoms with van der Waals surface area (Å²) in [7, 11) is 0. The van der Waals surface area contributed by atoms with Crippen molar-refractivity contribution in [2.24, 2.45) is 5.92 Å². The van der Waals surface area contributed by atoms with Crippen LogP contribution in [0.4, 0.5) is 11.4 Å². The number of nitro benzene ring substituents is 1. The fourth-order valence-corrected chi connectivity index (χ4v) is 4.11. The molecule has 0 aromatic heterocycles. The third-order valence-electron chi connectivity index (χ3n) is 6.26. The number of nitrogens with zero attached hydrogens (tertiary/aromatic N) is 2. The number of ketones is 1. The maximum atomic E-state index is 12.6. The first-order valence-corrected chi connectivity index (χ1v) is 12.9. The summed E-state index contributed by atoms with van der Waals surface area (Å²) < 4.78 is 15.6. The lowest BCUT2D eigenvalue weighted by Crippen LogP contribution is -2.27. The van der Waals surface area contributed by atoms with E-state index in [9.17, 15) is 34.1 Å². The average molecular weight is 575 g/mol. The molecule has 1 atom stereocenters. The maximum Gasteiger partial charge on any atom is 0.343 e. The molecule has 0 unspecified atom stereocenters. The highest BCUT2D eigenvalue weighted by Crippen LogP contribution is 2.26. The second kappa shape index (κ2) is 12.9. The Morgan fingerprint density at radius 1 is 0.881 bits per heavy atom. The Morgan fingerprint density at radius 3 is 2.05 bits per heavy atom. The number of ether oxygens (including phenoxy) is 3. The van der Waals surface area contributed by atoms with Gasteiger partial charge >= 0.3 is 17.9 Å². The van der Waals surface area contributed by atoms with Gasteiger partial charge < -0.3 is 19.1 Å². The van der Waals surface area contributed by atoms with E-state index in [1.54, 1.807) is 38.1 Å². The summed E-state index contributed by atoms with van der Waals surface area (Å²) in [5.74, 6) is -3.32. The molecule has 1 amide bonds. The van der Waals surface area contributed by atoms with Crippen LogP contribution in [0.1, 0.15) is 51.3 Å². The van der Waals surface area contributed by atoms with Gasteiger partial charge in [0.1, 0.15) is 5.75 Å². The largest absolute Gasteiger partial charge is 0.459 e. The van der Waals surface area contributed by atoms with Crippen LogP contribution < -0.4 is 9.64 Å². The minimum absolute atomic E-state index is 0.0659. The molecule has 4 rings (SSSR count). The van der Waals surface area contributed by atoms with Crippen LogP contribution in [0.3, 0.4) is 0 Å². The van der Waals surface area contributed by atoms with Gasteiger partial charge in [0.05, 0.1) is 28.1 Å². The summed E-state index contributed by atoms with van der Waals surface area (Å²) in [6.07, 6.45) is -0.352. The summed E-state index contributed by atoms with van der Waals surface area (Å²) >= 11 is 0. The summed E-state index contributed by atoms with van der Waals surface area (Å²) in [5, 5.41) is 10.7. The third kappa shape index (κ3) is 7.22. The fourth-order valence-electron chi connectivity index (χ4n) is 4.11. The van der Waals surface area contributed by atoms with Crippen molar-refractivity contribution >= 4 is 41.0 Å². The van der Waals surface area contributed by atoms with Gasteiger partial charge in [0, 0.05) is 36.3 Å². The van der Waals surface area contributed by atoms with Crippen LogP contribution in [0.15, 0.2) is 72.8 Å². The number of non-ortho nitro benzene ring substituents is 1. The molecule has 42 heavy (non-hydrogen) atoms. The van der Waals surface area contributed by atoms with Crippen LogP contribution in [0.5, 0.6) is 5.75 Å². The van der Waals surface area contributed by atoms with Crippen LogP contribution in [-0.2, 0) is 19.1 Å². The summed E-state index contributed by atoms with van der Waals surface area (Å²) in [4.78, 5) is 73.6. The minimum atomic E-state index is -0.767. The normalized spacial score (nSPS) is 14.4. The molecule has 216 valence electrons. The number of esters is 3. The molecule has 0 aliphatic carbocycles. The van der Waals surface area contributed by atoms with Crippen molar-refractivity contribution in [2.45, 2.75) is 26.4 Å². The first kappa shape index (κ1) is 29.6. The minimum Gasteiger partial charge on any atom is -0.459 e. The number of carbonyl (C=O) groups is 5. The summed E-state index contributed by atoms with van der Waals surface area (Å²) in [5.41, 5.74) is 1.01. The van der Waals surface area contributed by atoms with Gasteiger partial charge in [0.2, 0.25) is 5.91 Å². The molecule has 0 spiro atoms. The maximum absolute atomic E-state index is 12.6. The topological polar surface area (TPSA) is 159 Å². The van der Waals surface area contributed by atoms with E-state index in [1.165, 1.54) is 53.4 Å². The number of hydrogen-bond donors (Lipinski definition) is 0. The molecular formula is C30H26N2O10. The van der Waals surface area contributed by atoms with Crippen LogP contribution in [0.2, 0.25) is 0 Å². The second-order valence-electron chi connectivity index (χ2n) is 9.66. The zero-order valence-corrected chi connectivity index (χ0v) is 22.7. The molecule has 1 fully saturated rings. The molecule has 1 saturated heterocycles. The van der Waals surface area contributed by atoms with Gasteiger partial charge in [0.25, 0.3) is 5.69 Å². The van der Waals surface area contributed by atoms with Crippen LogP contribution in [0.25, 0.3) is 0 Å². The molecule has 0 bridgehead atoms. The first-order valence-electron chi connectivity index (χ1n) is 12.9. The van der Waals surface area contributed by atoms with Crippen molar-refractivity contribution < 1.29 is 43.1 Å². The van der Waals surface area contributed by atoms with Crippen LogP contribution in [-0.4, -0.2) is 53.8 Å². The smallest absolute Gasteiger partial charge is 0.343 e. The first-order chi connectivity index (χ1) is 20.0. The lowest BCUT2D eigenvalue weighted by molar-refractivity contribution is -0.384. The second-order valence-corrected chi connectivity index (χ2v) is 9.66. The zero-order chi connectivity index (χ0) is 30.4. The molecule has 1 aliphatic heterocycles. The highest BCUT2D eigenvalue weighted by Gasteiger charge is 2.36. The Morgan fingerprint density at radius 2 is 1.45 bits per heavy atom. The number of anilines is 1. The van der Waals surface area contributed by atoms with Gasteiger partial charge in [-0.05, 0) is 74.5 Å². The van der Waals surface area contributed by atoms with Gasteiger partial charge in [-0.1, -0.05) is 0 Å². The van der Waals surface area contributed by atoms with E-state index in [-0.39, 0.29) is 47.5 Å². The van der Waals surface area contributed by atoms with E-state index in [2.05, 4.69) is 0 Å². The van der Waals surface area contributed by atoms with Crippen molar-refractivity contribution in [3.8, 4) is 5.75 Å². The number of rotatable bonds is 10. The number of carbonyl (C=O) groups excluding carboxylic acids is 5. The van der Waals surface area contributed by atoms with E-state index in [1.807, 2.05) is 0 Å². The highest BCUT2D eigenvalue weighted by molar-refractivity contribution is 6.01. The summed E-state index contributed by atoms with van der Waals surface area (Å²) in [6, 6.07) is 16.8. The Hall–Kier alpha value is -5.39. The number of hydrogen-bond acceptors (Lipinski definition) is 10. The molecule has 12 nitrogen and oxygen atoms in total. The highest BCUT2D eigenvalue weighted by atomic mass is 16.6. The van der Waals surface area contributed by atoms with Crippen molar-refractivity contribution in [3.63, 3.8) is 0 Å². The van der Waals surface area contributed by atoms with E-state index in [0.29, 0.717) is 11.3 Å². The molecule has 3 aromatic carbocycles. The van der Waals surface area contributed by atoms with Gasteiger partial charge in [-0.25, -0.2) is 9.59 Å². The lowest BCUT2D eigenvalue weighted by atomic mass is 10.1. The standard InChI is InChI=1S/C30H26N2O10/c1-18(2)41-29(36)20-3-9-23(10-4-20)31-16-22(15-27(31)34)28(35)40-17-26(33)19-7-13-25(14-8-19)42-30(37)21-5-11-24(12-6-21)32(38)39/h3-14,18,22H,15-17H2,1-2H3/t22-/m0/s1. The monoisotopic (exact) mass is 574 g/mol. The van der Waals surface area contributed by atoms with Crippen molar-refractivity contribution in [2.75, 3.05) is 18.1 Å². The van der Waals surface area contributed by atoms with Gasteiger partial charge in [-0.3, -0.25) is 24.5 Å². The van der Waals surface area contributed by atoms with Gasteiger partial charge in [-0.15, -0.1) is 0 Å². The van der Waals surface area contributed by atoms with E-state index >= 15 is 0 Å².